The summed E-state index contributed by atoms with van der Waals surface area (Å²) in [6.45, 7) is 9.77. The number of piperazine rings is 1. The molecule has 0 radical (unpaired) electrons. The number of hydrogen-bond acceptors (Lipinski definition) is 4. The standard InChI is InChI=1S/C14H24N2O2S.C2H2/c1-6-10-19-16-9-8-15(11-12(16)7-2)13(17)18-14(3,4)5;1-2/h2,12H,6,8-11H2,1,3-5H3;1-2H/t12-;/m0./s1. The Bertz CT molecular complexity index is 382. The monoisotopic (exact) mass is 310 g/mol. The van der Waals surface area contributed by atoms with E-state index in [9.17, 15) is 4.79 Å². The smallest absolute Gasteiger partial charge is 0.410 e. The quantitative estimate of drug-likeness (QED) is 0.593. The van der Waals surface area contributed by atoms with Crippen LogP contribution in [-0.2, 0) is 4.74 Å². The molecule has 5 heteroatoms. The fraction of sp³-hybridized carbons (Fsp3) is 0.688. The molecule has 21 heavy (non-hydrogen) atoms. The highest BCUT2D eigenvalue weighted by molar-refractivity contribution is 7.97. The Morgan fingerprint density at radius 3 is 2.48 bits per heavy atom. The topological polar surface area (TPSA) is 32.8 Å². The Kier molecular flexibility index (Phi) is 9.01. The van der Waals surface area contributed by atoms with Crippen molar-refractivity contribution in [2.24, 2.45) is 0 Å². The molecule has 1 heterocycles. The Hall–Kier alpha value is -1.30. The molecule has 0 aliphatic carbocycles. The van der Waals surface area contributed by atoms with Gasteiger partial charge >= 0.3 is 6.09 Å². The average molecular weight is 310 g/mol. The van der Waals surface area contributed by atoms with Gasteiger partial charge in [-0.1, -0.05) is 24.8 Å². The third-order valence-electron chi connectivity index (χ3n) is 2.64. The Balaban J connectivity index is 0.00000191. The molecule has 0 aromatic carbocycles. The van der Waals surface area contributed by atoms with Crippen LogP contribution in [0.15, 0.2) is 0 Å². The van der Waals surface area contributed by atoms with E-state index in [1.165, 1.54) is 0 Å². The van der Waals surface area contributed by atoms with E-state index in [1.54, 1.807) is 16.8 Å². The van der Waals surface area contributed by atoms with Crippen LogP contribution in [0.2, 0.25) is 0 Å². The third kappa shape index (κ3) is 7.32. The molecule has 0 N–H and O–H groups in total. The summed E-state index contributed by atoms with van der Waals surface area (Å²) in [5.74, 6) is 3.83. The summed E-state index contributed by atoms with van der Waals surface area (Å²) in [7, 11) is 0. The van der Waals surface area contributed by atoms with E-state index < -0.39 is 5.60 Å². The minimum Gasteiger partial charge on any atom is -0.444 e. The van der Waals surface area contributed by atoms with Gasteiger partial charge < -0.3 is 9.64 Å². The van der Waals surface area contributed by atoms with Crippen LogP contribution in [0.4, 0.5) is 4.79 Å². The lowest BCUT2D eigenvalue weighted by atomic mass is 10.2. The molecular weight excluding hydrogens is 284 g/mol. The lowest BCUT2D eigenvalue weighted by molar-refractivity contribution is 0.0170. The van der Waals surface area contributed by atoms with Crippen LogP contribution in [0.3, 0.4) is 0 Å². The van der Waals surface area contributed by atoms with Crippen molar-refractivity contribution >= 4 is 18.0 Å². The molecule has 4 nitrogen and oxygen atoms in total. The maximum Gasteiger partial charge on any atom is 0.410 e. The zero-order chi connectivity index (χ0) is 16.5. The molecule has 1 atom stereocenters. The van der Waals surface area contributed by atoms with Crippen molar-refractivity contribution in [3.05, 3.63) is 0 Å². The van der Waals surface area contributed by atoms with Gasteiger partial charge in [-0.05, 0) is 27.2 Å². The molecule has 1 fully saturated rings. The van der Waals surface area contributed by atoms with Crippen LogP contribution in [0.5, 0.6) is 0 Å². The summed E-state index contributed by atoms with van der Waals surface area (Å²) >= 11 is 1.77. The molecule has 1 rings (SSSR count). The van der Waals surface area contributed by atoms with Gasteiger partial charge in [0.2, 0.25) is 0 Å². The van der Waals surface area contributed by atoms with E-state index in [0.29, 0.717) is 13.1 Å². The van der Waals surface area contributed by atoms with Crippen LogP contribution in [0, 0.1) is 25.2 Å². The second kappa shape index (κ2) is 9.60. The first-order valence-corrected chi connectivity index (χ1v) is 7.98. The molecule has 1 aliphatic rings. The predicted molar refractivity (Wildman–Crippen MR) is 89.8 cm³/mol. The van der Waals surface area contributed by atoms with Gasteiger partial charge in [0.1, 0.15) is 5.60 Å². The molecule has 1 saturated heterocycles. The van der Waals surface area contributed by atoms with Gasteiger partial charge in [-0.25, -0.2) is 9.10 Å². The predicted octanol–water partition coefficient (Wildman–Crippen LogP) is 2.85. The van der Waals surface area contributed by atoms with Crippen molar-refractivity contribution < 1.29 is 9.53 Å². The molecule has 0 aromatic heterocycles. The van der Waals surface area contributed by atoms with Crippen molar-refractivity contribution in [2.75, 3.05) is 25.4 Å². The largest absolute Gasteiger partial charge is 0.444 e. The summed E-state index contributed by atoms with van der Waals surface area (Å²) in [4.78, 5) is 13.7. The van der Waals surface area contributed by atoms with E-state index in [0.717, 1.165) is 18.7 Å². The van der Waals surface area contributed by atoms with Gasteiger partial charge in [0.05, 0.1) is 12.6 Å². The first-order valence-electron chi connectivity index (χ1n) is 7.04. The average Bonchev–Trinajstić information content (AvgIpc) is 2.45. The first-order chi connectivity index (χ1) is 9.87. The lowest BCUT2D eigenvalue weighted by Crippen LogP contribution is -2.52. The van der Waals surface area contributed by atoms with Gasteiger partial charge in [-0.3, -0.25) is 0 Å². The van der Waals surface area contributed by atoms with Crippen LogP contribution in [0.1, 0.15) is 34.1 Å². The minimum atomic E-state index is -0.461. The molecular formula is C16H26N2O2S. The molecule has 0 saturated carbocycles. The fourth-order valence-electron chi connectivity index (χ4n) is 1.76. The van der Waals surface area contributed by atoms with Gasteiger partial charge in [-0.2, -0.15) is 0 Å². The van der Waals surface area contributed by atoms with Crippen LogP contribution >= 0.6 is 11.9 Å². The highest BCUT2D eigenvalue weighted by Crippen LogP contribution is 2.21. The number of carbonyl (C=O) groups excluding carboxylic acids is 1. The Labute approximate surface area is 133 Å². The molecule has 1 amide bonds. The lowest BCUT2D eigenvalue weighted by Gasteiger charge is -2.38. The third-order valence-corrected chi connectivity index (χ3v) is 4.00. The summed E-state index contributed by atoms with van der Waals surface area (Å²) in [5, 5.41) is 0. The number of amides is 1. The second-order valence-corrected chi connectivity index (χ2v) is 6.72. The first kappa shape index (κ1) is 19.7. The molecule has 118 valence electrons. The maximum absolute atomic E-state index is 12.0. The second-order valence-electron chi connectivity index (χ2n) is 5.58. The maximum atomic E-state index is 12.0. The van der Waals surface area contributed by atoms with Gasteiger partial charge in [0.15, 0.2) is 0 Å². The Morgan fingerprint density at radius 1 is 1.38 bits per heavy atom. The van der Waals surface area contributed by atoms with Crippen LogP contribution < -0.4 is 0 Å². The van der Waals surface area contributed by atoms with Crippen molar-refractivity contribution in [3.63, 3.8) is 0 Å². The zero-order valence-corrected chi connectivity index (χ0v) is 14.3. The number of hydrogen-bond donors (Lipinski definition) is 0. The van der Waals surface area contributed by atoms with E-state index >= 15 is 0 Å². The Morgan fingerprint density at radius 2 is 2.00 bits per heavy atom. The van der Waals surface area contributed by atoms with Crippen molar-refractivity contribution in [3.8, 4) is 25.2 Å². The minimum absolute atomic E-state index is 0.0298. The summed E-state index contributed by atoms with van der Waals surface area (Å²) in [6, 6.07) is -0.0298. The number of ether oxygens (including phenoxy) is 1. The van der Waals surface area contributed by atoms with Gasteiger partial charge in [-0.15, -0.1) is 19.3 Å². The summed E-state index contributed by atoms with van der Waals surface area (Å²) < 4.78 is 7.58. The number of terminal acetylenes is 2. The van der Waals surface area contributed by atoms with Crippen LogP contribution in [-0.4, -0.2) is 52.3 Å². The summed E-state index contributed by atoms with van der Waals surface area (Å²) in [5.41, 5.74) is -0.461. The zero-order valence-electron chi connectivity index (χ0n) is 13.5. The number of rotatable bonds is 3. The number of carbonyl (C=O) groups is 1. The van der Waals surface area contributed by atoms with Crippen molar-refractivity contribution in [1.29, 1.82) is 0 Å². The highest BCUT2D eigenvalue weighted by atomic mass is 32.2. The molecule has 0 aromatic rings. The molecule has 0 unspecified atom stereocenters. The fourth-order valence-corrected chi connectivity index (χ4v) is 2.69. The van der Waals surface area contributed by atoms with Crippen molar-refractivity contribution in [1.82, 2.24) is 9.21 Å². The van der Waals surface area contributed by atoms with E-state index in [2.05, 4.69) is 30.0 Å². The van der Waals surface area contributed by atoms with Gasteiger partial charge in [0, 0.05) is 18.8 Å². The normalized spacial score (nSPS) is 19.1. The van der Waals surface area contributed by atoms with E-state index in [4.69, 9.17) is 11.2 Å². The molecule has 0 spiro atoms. The SMILES string of the molecule is C#C.C#C[C@H]1CN(C(=O)OC(C)(C)C)CCN1SCCC. The van der Waals surface area contributed by atoms with Gasteiger partial charge in [0.25, 0.3) is 0 Å². The number of nitrogens with zero attached hydrogens (tertiary/aromatic N) is 2. The highest BCUT2D eigenvalue weighted by Gasteiger charge is 2.31. The van der Waals surface area contributed by atoms with Crippen LogP contribution in [0.25, 0.3) is 0 Å². The van der Waals surface area contributed by atoms with E-state index in [-0.39, 0.29) is 12.1 Å². The van der Waals surface area contributed by atoms with Crippen molar-refractivity contribution in [2.45, 2.75) is 45.8 Å². The molecule has 1 aliphatic heterocycles. The summed E-state index contributed by atoms with van der Waals surface area (Å²) in [6.07, 6.45) is 14.4. The van der Waals surface area contributed by atoms with E-state index in [1.807, 2.05) is 20.8 Å². The molecule has 0 bridgehead atoms.